The molecule has 0 bridgehead atoms. The van der Waals surface area contributed by atoms with Crippen molar-refractivity contribution in [3.8, 4) is 0 Å². The van der Waals surface area contributed by atoms with Crippen molar-refractivity contribution in [3.63, 3.8) is 0 Å². The lowest BCUT2D eigenvalue weighted by Gasteiger charge is -2.41. The third-order valence-corrected chi connectivity index (χ3v) is 8.71. The number of ether oxygens (including phenoxy) is 1. The van der Waals surface area contributed by atoms with Gasteiger partial charge in [-0.2, -0.15) is 0 Å². The van der Waals surface area contributed by atoms with Gasteiger partial charge in [-0.15, -0.1) is 11.8 Å². The minimum absolute atomic E-state index is 0.0769. The summed E-state index contributed by atoms with van der Waals surface area (Å²) in [5, 5.41) is 3.89. The quantitative estimate of drug-likeness (QED) is 0.586. The predicted octanol–water partition coefficient (Wildman–Crippen LogP) is 5.07. The minimum atomic E-state index is 0.0769. The Hall–Kier alpha value is -0.830. The van der Waals surface area contributed by atoms with Crippen LogP contribution in [0.5, 0.6) is 0 Å². The molecular weight excluding hydrogens is 416 g/mol. The molecule has 3 fully saturated rings. The molecule has 1 aromatic rings. The number of aromatic nitrogens is 1. The van der Waals surface area contributed by atoms with Crippen LogP contribution < -0.4 is 5.32 Å². The molecule has 1 aromatic heterocycles. The summed E-state index contributed by atoms with van der Waals surface area (Å²) in [5.41, 5.74) is 0. The van der Waals surface area contributed by atoms with Gasteiger partial charge in [0.2, 0.25) is 0 Å². The van der Waals surface area contributed by atoms with Gasteiger partial charge in [-0.1, -0.05) is 49.9 Å². The highest BCUT2D eigenvalue weighted by Crippen LogP contribution is 2.32. The third kappa shape index (κ3) is 6.34. The zero-order valence-electron chi connectivity index (χ0n) is 18.0. The van der Waals surface area contributed by atoms with Gasteiger partial charge < -0.3 is 9.64 Å². The lowest BCUT2D eigenvalue weighted by atomic mass is 9.89. The second kappa shape index (κ2) is 11.7. The van der Waals surface area contributed by atoms with Crippen LogP contribution in [0, 0.1) is 0 Å². The van der Waals surface area contributed by atoms with Crippen molar-refractivity contribution >= 4 is 34.3 Å². The Kier molecular flexibility index (Phi) is 8.72. The Bertz CT molecular complexity index is 635. The highest BCUT2D eigenvalue weighted by Gasteiger charge is 2.32. The Morgan fingerprint density at radius 3 is 2.37 bits per heavy atom. The molecule has 0 atom stereocenters. The van der Waals surface area contributed by atoms with Crippen LogP contribution in [-0.4, -0.2) is 71.5 Å². The maximum Gasteiger partial charge on any atom is 0.324 e. The van der Waals surface area contributed by atoms with E-state index in [-0.39, 0.29) is 6.03 Å². The van der Waals surface area contributed by atoms with Crippen molar-refractivity contribution in [3.05, 3.63) is 6.20 Å². The number of carbonyl (C=O) groups excluding carboxylic acids is 1. The second-order valence-electron chi connectivity index (χ2n) is 8.71. The highest BCUT2D eigenvalue weighted by molar-refractivity contribution is 8.01. The summed E-state index contributed by atoms with van der Waals surface area (Å²) in [5.74, 6) is 1.05. The van der Waals surface area contributed by atoms with Gasteiger partial charge in [-0.25, -0.2) is 9.78 Å². The standard InChI is InChI=1S/C22H36N4O2S2/c27-22(26(18-7-3-1-4-8-18)19-9-5-2-6-10-19)24-21-23-17-20(30-21)29-16-13-25-11-14-28-15-12-25/h17-19H,1-16H2,(H,23,24,27). The molecule has 1 saturated heterocycles. The van der Waals surface area contributed by atoms with Crippen molar-refractivity contribution in [2.24, 2.45) is 0 Å². The SMILES string of the molecule is O=C(Nc1ncc(SCCN2CCOCC2)s1)N(C1CCCCC1)C1CCCCC1. The smallest absolute Gasteiger partial charge is 0.324 e. The molecule has 8 heteroatoms. The normalized spacial score (nSPS) is 22.1. The second-order valence-corrected chi connectivity index (χ2v) is 11.1. The fraction of sp³-hybridized carbons (Fsp3) is 0.818. The monoisotopic (exact) mass is 452 g/mol. The molecule has 168 valence electrons. The molecule has 2 saturated carbocycles. The van der Waals surface area contributed by atoms with Gasteiger partial charge in [0.25, 0.3) is 0 Å². The number of morpholine rings is 1. The zero-order valence-corrected chi connectivity index (χ0v) is 19.7. The molecule has 1 aliphatic heterocycles. The molecule has 4 rings (SSSR count). The summed E-state index contributed by atoms with van der Waals surface area (Å²) in [6.07, 6.45) is 14.2. The molecule has 30 heavy (non-hydrogen) atoms. The van der Waals surface area contributed by atoms with Crippen LogP contribution in [0.2, 0.25) is 0 Å². The number of nitrogens with zero attached hydrogens (tertiary/aromatic N) is 3. The number of rotatable bonds is 7. The van der Waals surface area contributed by atoms with Gasteiger partial charge in [-0.05, 0) is 25.7 Å². The van der Waals surface area contributed by atoms with E-state index in [1.165, 1.54) is 42.7 Å². The van der Waals surface area contributed by atoms with Gasteiger partial charge in [0.05, 0.1) is 23.6 Å². The fourth-order valence-electron chi connectivity index (χ4n) is 4.99. The summed E-state index contributed by atoms with van der Waals surface area (Å²) in [6.45, 7) is 4.83. The minimum Gasteiger partial charge on any atom is -0.379 e. The Balaban J connectivity index is 1.30. The van der Waals surface area contributed by atoms with Crippen LogP contribution in [0.25, 0.3) is 0 Å². The van der Waals surface area contributed by atoms with Gasteiger partial charge >= 0.3 is 6.03 Å². The van der Waals surface area contributed by atoms with Crippen molar-refractivity contribution < 1.29 is 9.53 Å². The highest BCUT2D eigenvalue weighted by atomic mass is 32.2. The van der Waals surface area contributed by atoms with Crippen LogP contribution in [0.1, 0.15) is 64.2 Å². The first kappa shape index (κ1) is 22.4. The van der Waals surface area contributed by atoms with Crippen LogP contribution in [0.15, 0.2) is 10.4 Å². The number of amides is 2. The third-order valence-electron chi connectivity index (χ3n) is 6.62. The number of nitrogens with one attached hydrogen (secondary N) is 1. The molecule has 1 N–H and O–H groups in total. The van der Waals surface area contributed by atoms with Crippen molar-refractivity contribution in [1.29, 1.82) is 0 Å². The summed E-state index contributed by atoms with van der Waals surface area (Å²) in [4.78, 5) is 22.5. The number of hydrogen-bond acceptors (Lipinski definition) is 6. The molecular formula is C22H36N4O2S2. The van der Waals surface area contributed by atoms with Crippen LogP contribution >= 0.6 is 23.1 Å². The van der Waals surface area contributed by atoms with Gasteiger partial charge in [-0.3, -0.25) is 10.2 Å². The van der Waals surface area contributed by atoms with Gasteiger partial charge in [0.1, 0.15) is 0 Å². The summed E-state index contributed by atoms with van der Waals surface area (Å²) < 4.78 is 6.59. The average molecular weight is 453 g/mol. The maximum atomic E-state index is 13.3. The number of anilines is 1. The molecule has 2 amide bonds. The van der Waals surface area contributed by atoms with Crippen LogP contribution in [0.4, 0.5) is 9.93 Å². The number of thiazole rings is 1. The van der Waals surface area contributed by atoms with E-state index in [4.69, 9.17) is 4.74 Å². The van der Waals surface area contributed by atoms with Gasteiger partial charge in [0, 0.05) is 37.5 Å². The molecule has 2 heterocycles. The van der Waals surface area contributed by atoms with Gasteiger partial charge in [0.15, 0.2) is 5.13 Å². The van der Waals surface area contributed by atoms with Crippen molar-refractivity contribution in [2.45, 2.75) is 80.5 Å². The predicted molar refractivity (Wildman–Crippen MR) is 125 cm³/mol. The largest absolute Gasteiger partial charge is 0.379 e. The Labute approximate surface area is 189 Å². The number of hydrogen-bond donors (Lipinski definition) is 1. The fourth-order valence-corrected chi connectivity index (χ4v) is 6.93. The number of urea groups is 1. The van der Waals surface area contributed by atoms with Crippen LogP contribution in [-0.2, 0) is 4.74 Å². The lowest BCUT2D eigenvalue weighted by molar-refractivity contribution is 0.0410. The number of thioether (sulfide) groups is 1. The van der Waals surface area contributed by atoms with E-state index < -0.39 is 0 Å². The number of carbonyl (C=O) groups is 1. The van der Waals surface area contributed by atoms with Crippen molar-refractivity contribution in [2.75, 3.05) is 43.9 Å². The molecule has 3 aliphatic rings. The lowest BCUT2D eigenvalue weighted by Crippen LogP contribution is -2.50. The first-order chi connectivity index (χ1) is 14.8. The molecule has 6 nitrogen and oxygen atoms in total. The molecule has 0 aromatic carbocycles. The van der Waals surface area contributed by atoms with E-state index in [0.717, 1.165) is 69.4 Å². The molecule has 0 spiro atoms. The Morgan fingerprint density at radius 2 is 1.73 bits per heavy atom. The average Bonchev–Trinajstić information content (AvgIpc) is 3.23. The van der Waals surface area contributed by atoms with E-state index in [9.17, 15) is 4.79 Å². The van der Waals surface area contributed by atoms with Crippen molar-refractivity contribution in [1.82, 2.24) is 14.8 Å². The first-order valence-electron chi connectivity index (χ1n) is 11.8. The summed E-state index contributed by atoms with van der Waals surface area (Å²) in [7, 11) is 0. The molecule has 2 aliphatic carbocycles. The zero-order chi connectivity index (χ0) is 20.6. The maximum absolute atomic E-state index is 13.3. The molecule has 0 unspecified atom stereocenters. The first-order valence-corrected chi connectivity index (χ1v) is 13.6. The topological polar surface area (TPSA) is 57.7 Å². The van der Waals surface area contributed by atoms with E-state index in [2.05, 4.69) is 20.1 Å². The van der Waals surface area contributed by atoms with E-state index >= 15 is 0 Å². The molecule has 0 radical (unpaired) electrons. The Morgan fingerprint density at radius 1 is 1.10 bits per heavy atom. The van der Waals surface area contributed by atoms with E-state index in [1.807, 2.05) is 18.0 Å². The van der Waals surface area contributed by atoms with Crippen LogP contribution in [0.3, 0.4) is 0 Å². The van der Waals surface area contributed by atoms with E-state index in [0.29, 0.717) is 12.1 Å². The van der Waals surface area contributed by atoms with E-state index in [1.54, 1.807) is 11.3 Å². The summed E-state index contributed by atoms with van der Waals surface area (Å²) >= 11 is 3.44. The summed E-state index contributed by atoms with van der Waals surface area (Å²) in [6, 6.07) is 0.890.